The second-order valence-electron chi connectivity index (χ2n) is 11.6. The van der Waals surface area contributed by atoms with Crippen molar-refractivity contribution in [2.24, 2.45) is 0 Å². The van der Waals surface area contributed by atoms with Crippen molar-refractivity contribution in [3.8, 4) is 11.1 Å². The smallest absolute Gasteiger partial charge is 0.0523 e. The van der Waals surface area contributed by atoms with E-state index in [4.69, 9.17) is 0 Å². The highest BCUT2D eigenvalue weighted by atomic mass is 15.1. The number of para-hydroxylation sites is 1. The first-order chi connectivity index (χ1) is 22.6. The molecule has 7 aromatic rings. The van der Waals surface area contributed by atoms with E-state index < -0.39 is 0 Å². The molecule has 0 amide bonds. The predicted molar refractivity (Wildman–Crippen MR) is 200 cm³/mol. The summed E-state index contributed by atoms with van der Waals surface area (Å²) < 4.78 is 0. The average molecular weight is 593 g/mol. The summed E-state index contributed by atoms with van der Waals surface area (Å²) in [7, 11) is 2.16. The Labute approximate surface area is 271 Å². The van der Waals surface area contributed by atoms with Gasteiger partial charge in [-0.3, -0.25) is 0 Å². The Hall–Kier alpha value is -5.86. The largest absolute Gasteiger partial charge is 0.344 e. The molecule has 0 unspecified atom stereocenters. The number of hydrogen-bond acceptors (Lipinski definition) is 2. The lowest BCUT2D eigenvalue weighted by atomic mass is 9.97. The Balaban J connectivity index is 1.20. The zero-order valence-corrected chi connectivity index (χ0v) is 26.3. The summed E-state index contributed by atoms with van der Waals surface area (Å²) in [4.78, 5) is 4.62. The third-order valence-corrected chi connectivity index (χ3v) is 8.78. The first-order valence-corrected chi connectivity index (χ1v) is 15.7. The third-order valence-electron chi connectivity index (χ3n) is 8.78. The number of anilines is 5. The molecule has 0 aliphatic rings. The first kappa shape index (κ1) is 28.9. The second kappa shape index (κ2) is 12.6. The maximum Gasteiger partial charge on any atom is 0.0523 e. The molecular formula is C44H36N2. The Morgan fingerprint density at radius 2 is 1.09 bits per heavy atom. The molecule has 0 N–H and O–H groups in total. The SMILES string of the molecule is C=C/C=C\c1cc2ccccc2c(N(C)c2ccc(-c3ccc(N(c4ccccc4)c4ccc5ccccc5c4)cc3)cc2)c1C. The summed E-state index contributed by atoms with van der Waals surface area (Å²) in [5.74, 6) is 0. The van der Waals surface area contributed by atoms with Crippen molar-refractivity contribution in [3.05, 3.63) is 182 Å². The van der Waals surface area contributed by atoms with Crippen LogP contribution in [0.5, 0.6) is 0 Å². The lowest BCUT2D eigenvalue weighted by Gasteiger charge is -2.26. The Bertz CT molecular complexity index is 2180. The van der Waals surface area contributed by atoms with Gasteiger partial charge in [-0.2, -0.15) is 0 Å². The molecule has 2 heteroatoms. The van der Waals surface area contributed by atoms with Crippen LogP contribution >= 0.6 is 0 Å². The average Bonchev–Trinajstić information content (AvgIpc) is 3.11. The van der Waals surface area contributed by atoms with Gasteiger partial charge >= 0.3 is 0 Å². The van der Waals surface area contributed by atoms with Crippen LogP contribution in [-0.2, 0) is 0 Å². The summed E-state index contributed by atoms with van der Waals surface area (Å²) >= 11 is 0. The zero-order valence-electron chi connectivity index (χ0n) is 26.3. The van der Waals surface area contributed by atoms with Crippen molar-refractivity contribution in [1.29, 1.82) is 0 Å². The standard InChI is InChI=1S/C44H36N2/c1-4-5-13-36-30-38-16-11-12-19-43(38)44(32(36)2)45(3)39-25-20-34(21-26-39)35-22-27-41(28-23-35)46(40-17-7-6-8-18-40)42-29-24-33-14-9-10-15-37(33)31-42/h4-31H,1H2,2-3H3/b13-5-. The number of hydrogen-bond donors (Lipinski definition) is 0. The van der Waals surface area contributed by atoms with Crippen LogP contribution in [0.2, 0.25) is 0 Å². The van der Waals surface area contributed by atoms with Crippen LogP contribution in [-0.4, -0.2) is 7.05 Å². The van der Waals surface area contributed by atoms with Crippen LogP contribution in [0.25, 0.3) is 38.7 Å². The minimum absolute atomic E-state index is 1.12. The van der Waals surface area contributed by atoms with Crippen LogP contribution in [0.3, 0.4) is 0 Å². The van der Waals surface area contributed by atoms with E-state index in [9.17, 15) is 0 Å². The normalized spacial score (nSPS) is 11.3. The van der Waals surface area contributed by atoms with Gasteiger partial charge in [-0.05, 0) is 99.9 Å². The van der Waals surface area contributed by atoms with E-state index in [2.05, 4.69) is 188 Å². The van der Waals surface area contributed by atoms with Crippen molar-refractivity contribution >= 4 is 56.1 Å². The summed E-state index contributed by atoms with van der Waals surface area (Å²) in [6.07, 6.45) is 5.96. The van der Waals surface area contributed by atoms with E-state index in [1.54, 1.807) is 0 Å². The lowest BCUT2D eigenvalue weighted by Crippen LogP contribution is -2.12. The van der Waals surface area contributed by atoms with Gasteiger partial charge in [0.05, 0.1) is 5.69 Å². The van der Waals surface area contributed by atoms with Crippen molar-refractivity contribution in [2.45, 2.75) is 6.92 Å². The molecule has 0 radical (unpaired) electrons. The maximum atomic E-state index is 3.86. The van der Waals surface area contributed by atoms with Gasteiger partial charge in [0.25, 0.3) is 0 Å². The molecule has 0 aliphatic carbocycles. The highest BCUT2D eigenvalue weighted by molar-refractivity contribution is 6.00. The third kappa shape index (κ3) is 5.58. The van der Waals surface area contributed by atoms with E-state index in [0.717, 1.165) is 22.7 Å². The van der Waals surface area contributed by atoms with Crippen LogP contribution < -0.4 is 9.80 Å². The molecule has 0 bridgehead atoms. The Morgan fingerprint density at radius 3 is 1.78 bits per heavy atom. The minimum Gasteiger partial charge on any atom is -0.344 e. The molecule has 0 atom stereocenters. The van der Waals surface area contributed by atoms with E-state index in [0.29, 0.717) is 0 Å². The molecule has 7 rings (SSSR count). The molecule has 46 heavy (non-hydrogen) atoms. The van der Waals surface area contributed by atoms with Crippen molar-refractivity contribution < 1.29 is 0 Å². The summed E-state index contributed by atoms with van der Waals surface area (Å²) in [5.41, 5.74) is 10.6. The molecule has 0 saturated heterocycles. The quantitative estimate of drug-likeness (QED) is 0.162. The van der Waals surface area contributed by atoms with Gasteiger partial charge < -0.3 is 9.80 Å². The van der Waals surface area contributed by atoms with E-state index in [1.807, 2.05) is 12.2 Å². The number of benzene rings is 7. The van der Waals surface area contributed by atoms with Gasteiger partial charge in [0.2, 0.25) is 0 Å². The fourth-order valence-corrected chi connectivity index (χ4v) is 6.38. The number of nitrogens with zero attached hydrogens (tertiary/aromatic N) is 2. The highest BCUT2D eigenvalue weighted by Crippen LogP contribution is 2.39. The zero-order chi connectivity index (χ0) is 31.5. The van der Waals surface area contributed by atoms with Gasteiger partial charge in [0.15, 0.2) is 0 Å². The molecule has 2 nitrogen and oxygen atoms in total. The molecule has 0 aromatic heterocycles. The van der Waals surface area contributed by atoms with Crippen molar-refractivity contribution in [1.82, 2.24) is 0 Å². The number of fused-ring (bicyclic) bond motifs is 2. The van der Waals surface area contributed by atoms with Crippen LogP contribution in [0.4, 0.5) is 28.4 Å². The lowest BCUT2D eigenvalue weighted by molar-refractivity contribution is 1.20. The molecule has 0 saturated carbocycles. The summed E-state index contributed by atoms with van der Waals surface area (Å²) in [6.45, 7) is 6.06. The van der Waals surface area contributed by atoms with E-state index >= 15 is 0 Å². The van der Waals surface area contributed by atoms with Gasteiger partial charge in [0.1, 0.15) is 0 Å². The van der Waals surface area contributed by atoms with E-state index in [-0.39, 0.29) is 0 Å². The molecule has 0 fully saturated rings. The van der Waals surface area contributed by atoms with Crippen molar-refractivity contribution in [2.75, 3.05) is 16.8 Å². The topological polar surface area (TPSA) is 6.48 Å². The first-order valence-electron chi connectivity index (χ1n) is 15.7. The van der Waals surface area contributed by atoms with Gasteiger partial charge in [-0.15, -0.1) is 0 Å². The number of rotatable bonds is 8. The molecule has 0 aliphatic heterocycles. The summed E-state index contributed by atoms with van der Waals surface area (Å²) in [5, 5.41) is 4.94. The van der Waals surface area contributed by atoms with Crippen LogP contribution in [0.15, 0.2) is 170 Å². The van der Waals surface area contributed by atoms with Gasteiger partial charge in [-0.1, -0.05) is 122 Å². The fourth-order valence-electron chi connectivity index (χ4n) is 6.38. The van der Waals surface area contributed by atoms with Gasteiger partial charge in [-0.25, -0.2) is 0 Å². The highest BCUT2D eigenvalue weighted by Gasteiger charge is 2.16. The Morgan fingerprint density at radius 1 is 0.522 bits per heavy atom. The maximum absolute atomic E-state index is 3.86. The molecule has 7 aromatic carbocycles. The van der Waals surface area contributed by atoms with Crippen molar-refractivity contribution in [3.63, 3.8) is 0 Å². The molecule has 222 valence electrons. The number of allylic oxidation sites excluding steroid dienone is 2. The minimum atomic E-state index is 1.12. The van der Waals surface area contributed by atoms with E-state index in [1.165, 1.54) is 49.5 Å². The molecule has 0 spiro atoms. The Kier molecular flexibility index (Phi) is 7.93. The molecule has 0 heterocycles. The summed E-state index contributed by atoms with van der Waals surface area (Å²) in [6, 6.07) is 54.4. The van der Waals surface area contributed by atoms with Gasteiger partial charge in [0, 0.05) is 35.2 Å². The predicted octanol–water partition coefficient (Wildman–Crippen LogP) is 12.4. The second-order valence-corrected chi connectivity index (χ2v) is 11.6. The molecular weight excluding hydrogens is 556 g/mol. The monoisotopic (exact) mass is 592 g/mol. The van der Waals surface area contributed by atoms with Crippen LogP contribution in [0.1, 0.15) is 11.1 Å². The fraction of sp³-hybridized carbons (Fsp3) is 0.0455. The van der Waals surface area contributed by atoms with Crippen LogP contribution in [0, 0.1) is 6.92 Å².